The first kappa shape index (κ1) is 9.39. The average molecular weight is 240 g/mol. The van der Waals surface area contributed by atoms with E-state index in [1.807, 2.05) is 17.6 Å². The molecule has 2 aromatic heterocycles. The summed E-state index contributed by atoms with van der Waals surface area (Å²) in [5.41, 5.74) is 7.92. The minimum absolute atomic E-state index is 0.196. The third kappa shape index (κ3) is 1.58. The van der Waals surface area contributed by atoms with Crippen LogP contribution in [-0.2, 0) is 5.54 Å². The first-order valence-electron chi connectivity index (χ1n) is 4.76. The van der Waals surface area contributed by atoms with Crippen LogP contribution in [0.1, 0.15) is 18.7 Å². The van der Waals surface area contributed by atoms with E-state index in [-0.39, 0.29) is 5.54 Å². The third-order valence-electron chi connectivity index (χ3n) is 2.71. The summed E-state index contributed by atoms with van der Waals surface area (Å²) >= 11 is 7.40. The zero-order valence-electron chi connectivity index (χ0n) is 7.96. The second-order valence-corrected chi connectivity index (χ2v) is 5.48. The molecule has 0 spiro atoms. The number of rotatable bonds is 2. The molecular formula is C10H10ClN3S. The predicted molar refractivity (Wildman–Crippen MR) is 62.0 cm³/mol. The maximum atomic E-state index is 6.05. The number of nitrogens with zero attached hydrogens (tertiary/aromatic N) is 1. The Bertz CT molecular complexity index is 498. The third-order valence-corrected chi connectivity index (χ3v) is 3.81. The van der Waals surface area contributed by atoms with Crippen molar-refractivity contribution in [3.63, 3.8) is 0 Å². The molecule has 3 rings (SSSR count). The highest BCUT2D eigenvalue weighted by atomic mass is 35.5. The van der Waals surface area contributed by atoms with Gasteiger partial charge in [-0.2, -0.15) is 0 Å². The van der Waals surface area contributed by atoms with Crippen LogP contribution in [0.3, 0.4) is 0 Å². The molecule has 78 valence electrons. The van der Waals surface area contributed by atoms with Crippen molar-refractivity contribution in [2.24, 2.45) is 5.73 Å². The van der Waals surface area contributed by atoms with Gasteiger partial charge in [0, 0.05) is 10.9 Å². The van der Waals surface area contributed by atoms with Gasteiger partial charge < -0.3 is 10.7 Å². The number of H-pyrrole nitrogens is 1. The standard InChI is InChI=1S/C10H10ClN3S/c11-8-3-6(5-15-8)7-4-13-9(14-7)10(12)1-2-10/h3-5H,1-2,12H2,(H,13,14). The topological polar surface area (TPSA) is 54.7 Å². The number of nitrogens with one attached hydrogen (secondary N) is 1. The monoisotopic (exact) mass is 239 g/mol. The van der Waals surface area contributed by atoms with Crippen LogP contribution < -0.4 is 5.73 Å². The van der Waals surface area contributed by atoms with E-state index >= 15 is 0 Å². The average Bonchev–Trinajstić information content (AvgIpc) is 2.72. The van der Waals surface area contributed by atoms with Crippen LogP contribution in [0, 0.1) is 0 Å². The van der Waals surface area contributed by atoms with Crippen LogP contribution in [0.4, 0.5) is 0 Å². The van der Waals surface area contributed by atoms with E-state index in [1.165, 1.54) is 11.3 Å². The summed E-state index contributed by atoms with van der Waals surface area (Å²) < 4.78 is 0.787. The largest absolute Gasteiger partial charge is 0.340 e. The van der Waals surface area contributed by atoms with Crippen molar-refractivity contribution in [3.8, 4) is 11.3 Å². The number of thiophene rings is 1. The number of nitrogens with two attached hydrogens (primary N) is 1. The van der Waals surface area contributed by atoms with E-state index in [2.05, 4.69) is 9.97 Å². The molecule has 0 amide bonds. The zero-order chi connectivity index (χ0) is 10.5. The van der Waals surface area contributed by atoms with Gasteiger partial charge in [0.1, 0.15) is 5.82 Å². The Morgan fingerprint density at radius 2 is 2.33 bits per heavy atom. The van der Waals surface area contributed by atoms with E-state index in [4.69, 9.17) is 17.3 Å². The Morgan fingerprint density at radius 1 is 1.53 bits per heavy atom. The number of aromatic amines is 1. The molecule has 0 saturated heterocycles. The van der Waals surface area contributed by atoms with Crippen LogP contribution in [0.2, 0.25) is 4.34 Å². The lowest BCUT2D eigenvalue weighted by Crippen LogP contribution is -2.20. The number of halogens is 1. The fourth-order valence-electron chi connectivity index (χ4n) is 1.54. The summed E-state index contributed by atoms with van der Waals surface area (Å²) in [6.07, 6.45) is 3.86. The van der Waals surface area contributed by atoms with Crippen LogP contribution in [-0.4, -0.2) is 9.97 Å². The summed E-state index contributed by atoms with van der Waals surface area (Å²) in [5, 5.41) is 2.01. The van der Waals surface area contributed by atoms with E-state index in [1.54, 1.807) is 0 Å². The van der Waals surface area contributed by atoms with Gasteiger partial charge in [-0.15, -0.1) is 11.3 Å². The molecule has 1 aliphatic rings. The van der Waals surface area contributed by atoms with Gasteiger partial charge in [0.25, 0.3) is 0 Å². The quantitative estimate of drug-likeness (QED) is 0.847. The lowest BCUT2D eigenvalue weighted by molar-refractivity contribution is 0.685. The molecule has 1 aliphatic carbocycles. The second kappa shape index (κ2) is 3.07. The van der Waals surface area contributed by atoms with Crippen LogP contribution in [0.5, 0.6) is 0 Å². The smallest absolute Gasteiger partial charge is 0.126 e. The maximum Gasteiger partial charge on any atom is 0.126 e. The zero-order valence-corrected chi connectivity index (χ0v) is 9.53. The summed E-state index contributed by atoms with van der Waals surface area (Å²) in [6.45, 7) is 0. The Kier molecular flexibility index (Phi) is 1.92. The molecular weight excluding hydrogens is 230 g/mol. The van der Waals surface area contributed by atoms with Crippen molar-refractivity contribution in [1.82, 2.24) is 9.97 Å². The van der Waals surface area contributed by atoms with Gasteiger partial charge in [0.05, 0.1) is 21.8 Å². The van der Waals surface area contributed by atoms with Crippen molar-refractivity contribution < 1.29 is 0 Å². The Balaban J connectivity index is 1.97. The summed E-state index contributed by atoms with van der Waals surface area (Å²) in [7, 11) is 0. The molecule has 0 bridgehead atoms. The van der Waals surface area contributed by atoms with Crippen molar-refractivity contribution >= 4 is 22.9 Å². The summed E-state index contributed by atoms with van der Waals surface area (Å²) in [4.78, 5) is 7.57. The SMILES string of the molecule is NC1(c2ncc(-c3csc(Cl)c3)[nH]2)CC1. The predicted octanol–water partition coefficient (Wildman–Crippen LogP) is 2.74. The molecule has 0 aromatic carbocycles. The van der Waals surface area contributed by atoms with E-state index < -0.39 is 0 Å². The number of hydrogen-bond acceptors (Lipinski definition) is 3. The fraction of sp³-hybridized carbons (Fsp3) is 0.300. The minimum atomic E-state index is -0.196. The normalized spacial score (nSPS) is 18.0. The van der Waals surface area contributed by atoms with Gasteiger partial charge in [-0.1, -0.05) is 11.6 Å². The molecule has 1 fully saturated rings. The van der Waals surface area contributed by atoms with E-state index in [0.717, 1.165) is 34.3 Å². The van der Waals surface area contributed by atoms with Crippen molar-refractivity contribution in [2.75, 3.05) is 0 Å². The van der Waals surface area contributed by atoms with Gasteiger partial charge in [0.15, 0.2) is 0 Å². The highest BCUT2D eigenvalue weighted by molar-refractivity contribution is 7.14. The molecule has 0 radical (unpaired) electrons. The van der Waals surface area contributed by atoms with Gasteiger partial charge in [-0.25, -0.2) is 4.98 Å². The molecule has 0 unspecified atom stereocenters. The molecule has 2 aromatic rings. The first-order chi connectivity index (χ1) is 7.17. The van der Waals surface area contributed by atoms with Crippen molar-refractivity contribution in [2.45, 2.75) is 18.4 Å². The molecule has 2 heterocycles. The second-order valence-electron chi connectivity index (χ2n) is 3.94. The van der Waals surface area contributed by atoms with Crippen LogP contribution in [0.25, 0.3) is 11.3 Å². The van der Waals surface area contributed by atoms with Crippen molar-refractivity contribution in [1.29, 1.82) is 0 Å². The van der Waals surface area contributed by atoms with E-state index in [0.29, 0.717) is 0 Å². The molecule has 3 nitrogen and oxygen atoms in total. The Hall–Kier alpha value is -0.840. The fourth-order valence-corrected chi connectivity index (χ4v) is 2.42. The van der Waals surface area contributed by atoms with Gasteiger partial charge in [-0.05, 0) is 18.9 Å². The van der Waals surface area contributed by atoms with Gasteiger partial charge in [-0.3, -0.25) is 0 Å². The molecule has 3 N–H and O–H groups in total. The minimum Gasteiger partial charge on any atom is -0.340 e. The van der Waals surface area contributed by atoms with Gasteiger partial charge in [0.2, 0.25) is 0 Å². The molecule has 0 atom stereocenters. The summed E-state index contributed by atoms with van der Waals surface area (Å²) in [6, 6.07) is 1.93. The number of aromatic nitrogens is 2. The van der Waals surface area contributed by atoms with E-state index in [9.17, 15) is 0 Å². The van der Waals surface area contributed by atoms with Gasteiger partial charge >= 0.3 is 0 Å². The van der Waals surface area contributed by atoms with Crippen molar-refractivity contribution in [3.05, 3.63) is 27.8 Å². The summed E-state index contributed by atoms with van der Waals surface area (Å²) in [5.74, 6) is 0.889. The van der Waals surface area contributed by atoms with Crippen LogP contribution in [0.15, 0.2) is 17.6 Å². The molecule has 0 aliphatic heterocycles. The number of hydrogen-bond donors (Lipinski definition) is 2. The molecule has 5 heteroatoms. The number of imidazole rings is 1. The lowest BCUT2D eigenvalue weighted by Gasteiger charge is -2.02. The first-order valence-corrected chi connectivity index (χ1v) is 6.02. The molecule has 15 heavy (non-hydrogen) atoms. The highest BCUT2D eigenvalue weighted by Gasteiger charge is 2.42. The highest BCUT2D eigenvalue weighted by Crippen LogP contribution is 2.41. The maximum absolute atomic E-state index is 6.05. The Morgan fingerprint density at radius 3 is 2.93 bits per heavy atom. The molecule has 1 saturated carbocycles. The Labute approximate surface area is 96.3 Å². The van der Waals surface area contributed by atoms with Crippen LogP contribution >= 0.6 is 22.9 Å². The lowest BCUT2D eigenvalue weighted by atomic mass is 10.2.